The number of sulfonamides is 1. The fourth-order valence-corrected chi connectivity index (χ4v) is 5.81. The van der Waals surface area contributed by atoms with E-state index in [1.165, 1.54) is 4.31 Å². The van der Waals surface area contributed by atoms with Crippen LogP contribution in [0.4, 0.5) is 0 Å². The Hall–Kier alpha value is -1.45. The highest BCUT2D eigenvalue weighted by Gasteiger charge is 2.37. The summed E-state index contributed by atoms with van der Waals surface area (Å²) >= 11 is 0. The normalized spacial score (nSPS) is 23.3. The van der Waals surface area contributed by atoms with Crippen molar-refractivity contribution in [2.75, 3.05) is 45.8 Å². The Kier molecular flexibility index (Phi) is 5.69. The van der Waals surface area contributed by atoms with Crippen molar-refractivity contribution in [1.82, 2.24) is 24.3 Å². The van der Waals surface area contributed by atoms with E-state index in [9.17, 15) is 13.2 Å². The van der Waals surface area contributed by atoms with E-state index in [0.29, 0.717) is 24.4 Å². The fraction of sp³-hybridized carbons (Fsp3) is 0.765. The second kappa shape index (κ2) is 7.66. The van der Waals surface area contributed by atoms with Gasteiger partial charge >= 0.3 is 0 Å². The van der Waals surface area contributed by atoms with Gasteiger partial charge in [0, 0.05) is 39.3 Å². The third-order valence-corrected chi connectivity index (χ3v) is 7.65. The predicted molar refractivity (Wildman–Crippen MR) is 98.2 cm³/mol. The number of aryl methyl sites for hydroxylation is 2. The molecule has 1 aromatic rings. The number of nitrogens with zero attached hydrogens (tertiary/aromatic N) is 4. The molecule has 0 saturated carbocycles. The predicted octanol–water partition coefficient (Wildman–Crippen LogP) is 0.591. The van der Waals surface area contributed by atoms with Gasteiger partial charge in [-0.05, 0) is 33.2 Å². The maximum Gasteiger partial charge on any atom is 0.246 e. The standard InChI is InChI=1S/C17H29N5O3S/c1-4-20-8-10-21(11-9-20)17(23)15-6-5-7-22(12-15)26(24,25)16-13(2)18-19-14(16)3/h15H,4-12H2,1-3H3,(H,18,19). The van der Waals surface area contributed by atoms with Gasteiger partial charge in [0.15, 0.2) is 0 Å². The minimum absolute atomic E-state index is 0.0984. The molecule has 1 aromatic heterocycles. The maximum atomic E-state index is 13.1. The van der Waals surface area contributed by atoms with Gasteiger partial charge in [-0.1, -0.05) is 6.92 Å². The second-order valence-corrected chi connectivity index (χ2v) is 9.10. The van der Waals surface area contributed by atoms with Crippen molar-refractivity contribution < 1.29 is 13.2 Å². The SMILES string of the molecule is CCN1CCN(C(=O)C2CCCN(S(=O)(=O)c3c(C)n[nH]c3C)C2)CC1. The number of carbonyl (C=O) groups excluding carboxylic acids is 1. The molecule has 1 N–H and O–H groups in total. The van der Waals surface area contributed by atoms with Crippen LogP contribution in [0.3, 0.4) is 0 Å². The Morgan fingerprint density at radius 2 is 1.88 bits per heavy atom. The van der Waals surface area contributed by atoms with E-state index < -0.39 is 10.0 Å². The highest BCUT2D eigenvalue weighted by atomic mass is 32.2. The summed E-state index contributed by atoms with van der Waals surface area (Å²) in [5.74, 6) is -0.152. The Morgan fingerprint density at radius 3 is 2.46 bits per heavy atom. The van der Waals surface area contributed by atoms with Crippen LogP contribution in [0.15, 0.2) is 4.90 Å². The summed E-state index contributed by atoms with van der Waals surface area (Å²) in [6, 6.07) is 0. The van der Waals surface area contributed by atoms with Gasteiger partial charge in [0.05, 0.1) is 17.3 Å². The topological polar surface area (TPSA) is 89.6 Å². The van der Waals surface area contributed by atoms with Crippen LogP contribution in [-0.2, 0) is 14.8 Å². The lowest BCUT2D eigenvalue weighted by Gasteiger charge is -2.38. The molecule has 0 aromatic carbocycles. The van der Waals surface area contributed by atoms with Crippen LogP contribution >= 0.6 is 0 Å². The Balaban J connectivity index is 1.70. The summed E-state index contributed by atoms with van der Waals surface area (Å²) in [4.78, 5) is 17.4. The van der Waals surface area contributed by atoms with E-state index in [1.54, 1.807) is 13.8 Å². The molecular formula is C17H29N5O3S. The van der Waals surface area contributed by atoms with E-state index in [1.807, 2.05) is 4.90 Å². The van der Waals surface area contributed by atoms with E-state index in [4.69, 9.17) is 0 Å². The number of likely N-dealkylation sites (N-methyl/N-ethyl adjacent to an activating group) is 1. The molecule has 0 bridgehead atoms. The molecule has 2 fully saturated rings. The van der Waals surface area contributed by atoms with Crippen molar-refractivity contribution in [2.45, 2.75) is 38.5 Å². The van der Waals surface area contributed by atoms with Gasteiger partial charge in [0.2, 0.25) is 15.9 Å². The average molecular weight is 384 g/mol. The van der Waals surface area contributed by atoms with Crippen LogP contribution in [-0.4, -0.2) is 84.4 Å². The van der Waals surface area contributed by atoms with Gasteiger partial charge in [-0.15, -0.1) is 0 Å². The van der Waals surface area contributed by atoms with Crippen LogP contribution in [0.1, 0.15) is 31.2 Å². The molecule has 0 radical (unpaired) electrons. The summed E-state index contributed by atoms with van der Waals surface area (Å²) in [7, 11) is -3.63. The van der Waals surface area contributed by atoms with E-state index in [2.05, 4.69) is 22.0 Å². The first-order chi connectivity index (χ1) is 12.3. The fourth-order valence-electron chi connectivity index (χ4n) is 3.95. The quantitative estimate of drug-likeness (QED) is 0.822. The molecule has 0 spiro atoms. The molecule has 1 amide bonds. The number of rotatable bonds is 4. The van der Waals surface area contributed by atoms with Crippen LogP contribution in [0.25, 0.3) is 0 Å². The zero-order chi connectivity index (χ0) is 18.9. The number of nitrogens with one attached hydrogen (secondary N) is 1. The first-order valence-corrected chi connectivity index (χ1v) is 10.8. The Morgan fingerprint density at radius 1 is 1.19 bits per heavy atom. The van der Waals surface area contributed by atoms with Crippen molar-refractivity contribution >= 4 is 15.9 Å². The lowest BCUT2D eigenvalue weighted by molar-refractivity contribution is -0.138. The van der Waals surface area contributed by atoms with Crippen LogP contribution in [0, 0.1) is 19.8 Å². The monoisotopic (exact) mass is 383 g/mol. The van der Waals surface area contributed by atoms with Crippen molar-refractivity contribution in [3.63, 3.8) is 0 Å². The maximum absolute atomic E-state index is 13.1. The first-order valence-electron chi connectivity index (χ1n) is 9.37. The summed E-state index contributed by atoms with van der Waals surface area (Å²) in [6.07, 6.45) is 1.46. The molecule has 1 unspecified atom stereocenters. The van der Waals surface area contributed by atoms with Crippen molar-refractivity contribution in [3.8, 4) is 0 Å². The molecule has 9 heteroatoms. The Labute approximate surface area is 155 Å². The largest absolute Gasteiger partial charge is 0.340 e. The molecule has 3 rings (SSSR count). The number of aromatic amines is 1. The minimum atomic E-state index is -3.63. The van der Waals surface area contributed by atoms with Gasteiger partial charge in [0.25, 0.3) is 0 Å². The molecule has 3 heterocycles. The lowest BCUT2D eigenvalue weighted by Crippen LogP contribution is -2.52. The van der Waals surface area contributed by atoms with Crippen molar-refractivity contribution in [3.05, 3.63) is 11.4 Å². The third-order valence-electron chi connectivity index (χ3n) is 5.52. The lowest BCUT2D eigenvalue weighted by atomic mass is 9.98. The highest BCUT2D eigenvalue weighted by molar-refractivity contribution is 7.89. The van der Waals surface area contributed by atoms with E-state index in [0.717, 1.165) is 39.1 Å². The number of carbonyl (C=O) groups is 1. The molecule has 146 valence electrons. The molecular weight excluding hydrogens is 354 g/mol. The summed E-state index contributed by atoms with van der Waals surface area (Å²) in [5.41, 5.74) is 1.03. The second-order valence-electron chi connectivity index (χ2n) is 7.22. The van der Waals surface area contributed by atoms with Gasteiger partial charge in [0.1, 0.15) is 4.90 Å². The number of hydrogen-bond donors (Lipinski definition) is 1. The zero-order valence-electron chi connectivity index (χ0n) is 15.9. The number of H-pyrrole nitrogens is 1. The van der Waals surface area contributed by atoms with Crippen molar-refractivity contribution in [1.29, 1.82) is 0 Å². The average Bonchev–Trinajstić information content (AvgIpc) is 3.00. The molecule has 8 nitrogen and oxygen atoms in total. The summed E-state index contributed by atoms with van der Waals surface area (Å²) in [6.45, 7) is 10.5. The van der Waals surface area contributed by atoms with Crippen molar-refractivity contribution in [2.24, 2.45) is 5.92 Å². The van der Waals surface area contributed by atoms with Gasteiger partial charge in [-0.25, -0.2) is 8.42 Å². The molecule has 26 heavy (non-hydrogen) atoms. The molecule has 2 aliphatic rings. The minimum Gasteiger partial charge on any atom is -0.340 e. The van der Waals surface area contributed by atoms with Gasteiger partial charge in [-0.3, -0.25) is 9.89 Å². The zero-order valence-corrected chi connectivity index (χ0v) is 16.7. The summed E-state index contributed by atoms with van der Waals surface area (Å²) < 4.78 is 27.6. The number of piperazine rings is 1. The smallest absolute Gasteiger partial charge is 0.246 e. The van der Waals surface area contributed by atoms with Crippen LogP contribution < -0.4 is 0 Å². The molecule has 1 atom stereocenters. The van der Waals surface area contributed by atoms with Crippen LogP contribution in [0.5, 0.6) is 0 Å². The first kappa shape index (κ1) is 19.3. The highest BCUT2D eigenvalue weighted by Crippen LogP contribution is 2.27. The third kappa shape index (κ3) is 3.65. The van der Waals surface area contributed by atoms with E-state index in [-0.39, 0.29) is 23.3 Å². The Bertz CT molecular complexity index is 733. The number of piperidine rings is 1. The number of aromatic nitrogens is 2. The molecule has 0 aliphatic carbocycles. The number of amides is 1. The van der Waals surface area contributed by atoms with E-state index >= 15 is 0 Å². The summed E-state index contributed by atoms with van der Waals surface area (Å²) in [5, 5.41) is 6.75. The van der Waals surface area contributed by atoms with Crippen LogP contribution in [0.2, 0.25) is 0 Å². The molecule has 2 aliphatic heterocycles. The van der Waals surface area contributed by atoms with Gasteiger partial charge < -0.3 is 9.80 Å². The molecule has 2 saturated heterocycles. The van der Waals surface area contributed by atoms with Gasteiger partial charge in [-0.2, -0.15) is 9.40 Å². The number of hydrogen-bond acceptors (Lipinski definition) is 5.